The molecule has 0 fully saturated rings. The number of imidazole rings is 1. The predicted octanol–water partition coefficient (Wildman–Crippen LogP) is 3.33. The number of carbonyl (C=O) groups is 1. The molecule has 130 valence electrons. The van der Waals surface area contributed by atoms with E-state index in [0.717, 1.165) is 10.1 Å². The summed E-state index contributed by atoms with van der Waals surface area (Å²) in [6.45, 7) is 1.60. The molecule has 3 rings (SSSR count). The Balaban J connectivity index is 1.90. The van der Waals surface area contributed by atoms with Crippen LogP contribution in [0.5, 0.6) is 0 Å². The molecule has 0 aliphatic carbocycles. The summed E-state index contributed by atoms with van der Waals surface area (Å²) in [4.78, 5) is 20.0. The molecule has 0 saturated heterocycles. The summed E-state index contributed by atoms with van der Waals surface area (Å²) in [7, 11) is 0. The van der Waals surface area contributed by atoms with Crippen LogP contribution in [0.1, 0.15) is 24.4 Å². The number of aromatic nitrogens is 3. The van der Waals surface area contributed by atoms with Crippen molar-refractivity contribution in [2.24, 2.45) is 0 Å². The highest BCUT2D eigenvalue weighted by molar-refractivity contribution is 5.84. The molecule has 2 aromatic heterocycles. The lowest BCUT2D eigenvalue weighted by Gasteiger charge is -2.18. The van der Waals surface area contributed by atoms with Gasteiger partial charge in [0.2, 0.25) is 11.7 Å². The molecule has 0 radical (unpaired) electrons. The molecule has 0 bridgehead atoms. The van der Waals surface area contributed by atoms with Gasteiger partial charge in [0.05, 0.1) is 11.0 Å². The van der Waals surface area contributed by atoms with Gasteiger partial charge in [-0.25, -0.2) is 4.98 Å². The standard InChI is InChI=1S/C17H15F3N4O/c1-11(15(25)22-10-12-5-4-8-21-9-12)24-14-7-3-2-6-13(14)23-16(24)17(18,19)20/h2-9,11H,10H2,1H3,(H,22,25). The second kappa shape index (κ2) is 6.54. The van der Waals surface area contributed by atoms with E-state index in [-0.39, 0.29) is 17.6 Å². The maximum Gasteiger partial charge on any atom is 0.449 e. The number of nitrogens with one attached hydrogen (secondary N) is 1. The monoisotopic (exact) mass is 348 g/mol. The van der Waals surface area contributed by atoms with Crippen molar-refractivity contribution < 1.29 is 18.0 Å². The lowest BCUT2D eigenvalue weighted by atomic mass is 10.2. The first-order valence-electron chi connectivity index (χ1n) is 7.58. The number of rotatable bonds is 4. The quantitative estimate of drug-likeness (QED) is 0.787. The number of alkyl halides is 3. The number of hydrogen-bond donors (Lipinski definition) is 1. The van der Waals surface area contributed by atoms with E-state index in [1.807, 2.05) is 0 Å². The average Bonchev–Trinajstić information content (AvgIpc) is 3.00. The predicted molar refractivity (Wildman–Crippen MR) is 85.5 cm³/mol. The zero-order valence-corrected chi connectivity index (χ0v) is 13.3. The van der Waals surface area contributed by atoms with Gasteiger partial charge in [0, 0.05) is 18.9 Å². The summed E-state index contributed by atoms with van der Waals surface area (Å²) in [6.07, 6.45) is -1.48. The first-order chi connectivity index (χ1) is 11.9. The van der Waals surface area contributed by atoms with Gasteiger partial charge in [-0.05, 0) is 30.7 Å². The van der Waals surface area contributed by atoms with Crippen LogP contribution in [-0.2, 0) is 17.5 Å². The highest BCUT2D eigenvalue weighted by Gasteiger charge is 2.39. The number of pyridine rings is 1. The van der Waals surface area contributed by atoms with Crippen molar-refractivity contribution in [3.8, 4) is 0 Å². The Morgan fingerprint density at radius 1 is 1.24 bits per heavy atom. The molecule has 0 saturated carbocycles. The Morgan fingerprint density at radius 3 is 2.68 bits per heavy atom. The van der Waals surface area contributed by atoms with Crippen LogP contribution < -0.4 is 5.32 Å². The fraction of sp³-hybridized carbons (Fsp3) is 0.235. The van der Waals surface area contributed by atoms with Gasteiger partial charge in [-0.3, -0.25) is 9.78 Å². The summed E-state index contributed by atoms with van der Waals surface area (Å²) < 4.78 is 40.9. The molecule has 1 unspecified atom stereocenters. The van der Waals surface area contributed by atoms with Gasteiger partial charge in [-0.2, -0.15) is 13.2 Å². The fourth-order valence-electron chi connectivity index (χ4n) is 2.59. The topological polar surface area (TPSA) is 59.8 Å². The molecule has 1 atom stereocenters. The summed E-state index contributed by atoms with van der Waals surface area (Å²) in [5, 5.41) is 2.64. The van der Waals surface area contributed by atoms with Crippen LogP contribution in [0.2, 0.25) is 0 Å². The van der Waals surface area contributed by atoms with Crippen LogP contribution in [0.3, 0.4) is 0 Å². The van der Waals surface area contributed by atoms with E-state index >= 15 is 0 Å². The molecule has 1 N–H and O–H groups in total. The molecule has 1 amide bonds. The van der Waals surface area contributed by atoms with Gasteiger partial charge in [0.1, 0.15) is 6.04 Å². The lowest BCUT2D eigenvalue weighted by molar-refractivity contribution is -0.148. The third kappa shape index (κ3) is 3.47. The minimum Gasteiger partial charge on any atom is -0.350 e. The molecule has 0 aliphatic rings. The van der Waals surface area contributed by atoms with Crippen molar-refractivity contribution in [1.82, 2.24) is 19.9 Å². The number of para-hydroxylation sites is 2. The number of hydrogen-bond acceptors (Lipinski definition) is 3. The molecular formula is C17H15F3N4O. The average molecular weight is 348 g/mol. The molecule has 5 nitrogen and oxygen atoms in total. The van der Waals surface area contributed by atoms with Crippen molar-refractivity contribution in [3.05, 3.63) is 60.2 Å². The van der Waals surface area contributed by atoms with E-state index in [4.69, 9.17) is 0 Å². The Labute approximate surface area is 141 Å². The van der Waals surface area contributed by atoms with Crippen LogP contribution in [0.25, 0.3) is 11.0 Å². The summed E-state index contributed by atoms with van der Waals surface area (Å²) >= 11 is 0. The molecule has 8 heteroatoms. The first kappa shape index (κ1) is 16.9. The number of carbonyl (C=O) groups excluding carboxylic acids is 1. The number of amides is 1. The van der Waals surface area contributed by atoms with Gasteiger partial charge in [-0.1, -0.05) is 18.2 Å². The number of halogens is 3. The highest BCUT2D eigenvalue weighted by Crippen LogP contribution is 2.33. The summed E-state index contributed by atoms with van der Waals surface area (Å²) in [6, 6.07) is 8.64. The summed E-state index contributed by atoms with van der Waals surface area (Å²) in [5.74, 6) is -1.62. The maximum absolute atomic E-state index is 13.3. The first-order valence-corrected chi connectivity index (χ1v) is 7.58. The molecular weight excluding hydrogens is 333 g/mol. The Kier molecular flexibility index (Phi) is 4.43. The molecule has 2 heterocycles. The highest BCUT2D eigenvalue weighted by atomic mass is 19.4. The van der Waals surface area contributed by atoms with Crippen molar-refractivity contribution in [3.63, 3.8) is 0 Å². The van der Waals surface area contributed by atoms with Crippen LogP contribution in [0.4, 0.5) is 13.2 Å². The van der Waals surface area contributed by atoms with E-state index in [1.165, 1.54) is 19.1 Å². The molecule has 25 heavy (non-hydrogen) atoms. The number of benzene rings is 1. The molecule has 0 aliphatic heterocycles. The van der Waals surface area contributed by atoms with Crippen molar-refractivity contribution in [2.75, 3.05) is 0 Å². The van der Waals surface area contributed by atoms with Crippen molar-refractivity contribution in [2.45, 2.75) is 25.7 Å². The van der Waals surface area contributed by atoms with Gasteiger partial charge in [0.25, 0.3) is 0 Å². The van der Waals surface area contributed by atoms with Gasteiger partial charge < -0.3 is 9.88 Å². The van der Waals surface area contributed by atoms with Gasteiger partial charge >= 0.3 is 6.18 Å². The Hall–Kier alpha value is -2.90. The smallest absolute Gasteiger partial charge is 0.350 e. The molecule has 0 spiro atoms. The normalized spacial score (nSPS) is 13.0. The third-order valence-electron chi connectivity index (χ3n) is 3.81. The van der Waals surface area contributed by atoms with E-state index in [2.05, 4.69) is 15.3 Å². The van der Waals surface area contributed by atoms with Crippen LogP contribution in [0.15, 0.2) is 48.8 Å². The van der Waals surface area contributed by atoms with E-state index in [1.54, 1.807) is 36.7 Å². The van der Waals surface area contributed by atoms with Gasteiger partial charge in [0.15, 0.2) is 0 Å². The molecule has 3 aromatic rings. The lowest BCUT2D eigenvalue weighted by Crippen LogP contribution is -2.32. The fourth-order valence-corrected chi connectivity index (χ4v) is 2.59. The second-order valence-electron chi connectivity index (χ2n) is 5.55. The second-order valence-corrected chi connectivity index (χ2v) is 5.55. The van der Waals surface area contributed by atoms with E-state index in [0.29, 0.717) is 0 Å². The Morgan fingerprint density at radius 2 is 2.00 bits per heavy atom. The molecule has 1 aromatic carbocycles. The van der Waals surface area contributed by atoms with Crippen LogP contribution >= 0.6 is 0 Å². The van der Waals surface area contributed by atoms with E-state index < -0.39 is 23.9 Å². The van der Waals surface area contributed by atoms with Crippen LogP contribution in [-0.4, -0.2) is 20.4 Å². The minimum absolute atomic E-state index is 0.186. The Bertz CT molecular complexity index is 890. The van der Waals surface area contributed by atoms with Gasteiger partial charge in [-0.15, -0.1) is 0 Å². The zero-order valence-electron chi connectivity index (χ0n) is 13.3. The van der Waals surface area contributed by atoms with Crippen molar-refractivity contribution >= 4 is 16.9 Å². The number of nitrogens with zero attached hydrogens (tertiary/aromatic N) is 3. The maximum atomic E-state index is 13.3. The van der Waals surface area contributed by atoms with Crippen LogP contribution in [0, 0.1) is 0 Å². The minimum atomic E-state index is -4.66. The number of fused-ring (bicyclic) bond motifs is 1. The zero-order chi connectivity index (χ0) is 18.0. The largest absolute Gasteiger partial charge is 0.449 e. The summed E-state index contributed by atoms with van der Waals surface area (Å²) in [5.41, 5.74) is 1.22. The SMILES string of the molecule is CC(C(=O)NCc1cccnc1)n1c(C(F)(F)F)nc2ccccc21. The third-order valence-corrected chi connectivity index (χ3v) is 3.81. The van der Waals surface area contributed by atoms with E-state index in [9.17, 15) is 18.0 Å². The van der Waals surface area contributed by atoms with Crippen molar-refractivity contribution in [1.29, 1.82) is 0 Å².